The highest BCUT2D eigenvalue weighted by Crippen LogP contribution is 2.57. The minimum Gasteiger partial charge on any atom is -0.465 e. The number of aromatic nitrogens is 3. The molecule has 5 heterocycles. The SMILES string of the molecule is C[C@]12/C=C\CCCOC(=O)[C@H]1[C@H]1C(=O)N(CCO)C3C(=O)N(Cn4nnc5ccccc54)CC=C[C@@]31O2. The van der Waals surface area contributed by atoms with Crippen LogP contribution in [0.3, 0.4) is 0 Å². The van der Waals surface area contributed by atoms with Crippen LogP contribution in [0.1, 0.15) is 19.8 Å². The van der Waals surface area contributed by atoms with Gasteiger partial charge in [-0.3, -0.25) is 14.4 Å². The summed E-state index contributed by atoms with van der Waals surface area (Å²) >= 11 is 0. The lowest BCUT2D eigenvalue weighted by Crippen LogP contribution is -2.56. The van der Waals surface area contributed by atoms with Gasteiger partial charge in [-0.1, -0.05) is 41.7 Å². The maximum atomic E-state index is 14.2. The van der Waals surface area contributed by atoms with Crippen molar-refractivity contribution in [3.8, 4) is 0 Å². The van der Waals surface area contributed by atoms with Crippen LogP contribution in [0.5, 0.6) is 0 Å². The summed E-state index contributed by atoms with van der Waals surface area (Å²) in [6, 6.07) is 6.40. The van der Waals surface area contributed by atoms with E-state index in [2.05, 4.69) is 10.3 Å². The molecule has 0 saturated carbocycles. The number of likely N-dealkylation sites (tertiary alicyclic amines) is 1. The van der Waals surface area contributed by atoms with Gasteiger partial charge >= 0.3 is 5.97 Å². The quantitative estimate of drug-likeness (QED) is 0.472. The van der Waals surface area contributed by atoms with E-state index in [1.54, 1.807) is 22.6 Å². The molecular weight excluding hydrogens is 478 g/mol. The predicted molar refractivity (Wildman–Crippen MR) is 130 cm³/mol. The lowest BCUT2D eigenvalue weighted by molar-refractivity contribution is -0.160. The molecule has 37 heavy (non-hydrogen) atoms. The third-order valence-corrected chi connectivity index (χ3v) is 7.90. The molecule has 5 atom stereocenters. The van der Waals surface area contributed by atoms with Crippen molar-refractivity contribution < 1.29 is 29.0 Å². The fraction of sp³-hybridized carbons (Fsp3) is 0.500. The first-order valence-electron chi connectivity index (χ1n) is 12.6. The molecule has 2 fully saturated rings. The van der Waals surface area contributed by atoms with E-state index in [0.717, 1.165) is 5.52 Å². The molecule has 0 radical (unpaired) electrons. The molecule has 4 aliphatic rings. The summed E-state index contributed by atoms with van der Waals surface area (Å²) < 4.78 is 13.9. The van der Waals surface area contributed by atoms with Crippen LogP contribution >= 0.6 is 0 Å². The molecule has 194 valence electrons. The van der Waals surface area contributed by atoms with Gasteiger partial charge in [-0.2, -0.15) is 0 Å². The molecule has 0 aliphatic carbocycles. The molecule has 2 saturated heterocycles. The van der Waals surface area contributed by atoms with Gasteiger partial charge in [0.15, 0.2) is 0 Å². The standard InChI is InChI=1S/C26H29N5O6/c1-25-10-5-2-6-15-36-24(35)20(25)19-22(33)30(13-14-32)21-23(34)29(12-7-11-26(19,21)37-25)16-31-18-9-4-3-8-17(18)27-28-31/h3-5,7-11,19-21,32H,2,6,12-16H2,1H3/b10-5-/t19-,20+,21?,25-,26-/m0/s1. The van der Waals surface area contributed by atoms with Gasteiger partial charge in [-0.05, 0) is 31.9 Å². The maximum absolute atomic E-state index is 14.2. The van der Waals surface area contributed by atoms with Crippen LogP contribution in [-0.4, -0.2) is 91.2 Å². The lowest BCUT2D eigenvalue weighted by atomic mass is 9.74. The number of carbonyl (C=O) groups is 3. The van der Waals surface area contributed by atoms with Crippen molar-refractivity contribution in [2.45, 2.75) is 43.7 Å². The predicted octanol–water partition coefficient (Wildman–Crippen LogP) is 0.644. The second kappa shape index (κ2) is 8.77. The first kappa shape index (κ1) is 23.8. The number of fused-ring (bicyclic) bond motifs is 3. The molecule has 1 aromatic carbocycles. The number of ether oxygens (including phenoxy) is 2. The highest BCUT2D eigenvalue weighted by molar-refractivity contribution is 5.99. The Hall–Kier alpha value is -3.57. The zero-order valence-electron chi connectivity index (χ0n) is 20.5. The number of nitrogens with zero attached hydrogens (tertiary/aromatic N) is 5. The average molecular weight is 508 g/mol. The molecule has 2 aromatic rings. The van der Waals surface area contributed by atoms with Crippen LogP contribution < -0.4 is 0 Å². The van der Waals surface area contributed by atoms with Gasteiger partial charge in [0.25, 0.3) is 5.91 Å². The Morgan fingerprint density at radius 1 is 1.11 bits per heavy atom. The number of carbonyl (C=O) groups excluding carboxylic acids is 3. The Morgan fingerprint density at radius 2 is 1.95 bits per heavy atom. The number of cyclic esters (lactones) is 1. The van der Waals surface area contributed by atoms with E-state index < -0.39 is 41.0 Å². The summed E-state index contributed by atoms with van der Waals surface area (Å²) in [5.41, 5.74) is -1.03. The summed E-state index contributed by atoms with van der Waals surface area (Å²) in [7, 11) is 0. The third-order valence-electron chi connectivity index (χ3n) is 7.90. The van der Waals surface area contributed by atoms with Gasteiger partial charge < -0.3 is 24.4 Å². The van der Waals surface area contributed by atoms with Crippen molar-refractivity contribution in [1.29, 1.82) is 0 Å². The number of para-hydroxylation sites is 1. The lowest BCUT2D eigenvalue weighted by Gasteiger charge is -2.37. The van der Waals surface area contributed by atoms with Crippen LogP contribution in [0.4, 0.5) is 0 Å². The van der Waals surface area contributed by atoms with Gasteiger partial charge in [0.1, 0.15) is 29.7 Å². The molecule has 1 spiro atoms. The van der Waals surface area contributed by atoms with Crippen molar-refractivity contribution in [3.05, 3.63) is 48.6 Å². The summed E-state index contributed by atoms with van der Waals surface area (Å²) in [4.78, 5) is 44.3. The van der Waals surface area contributed by atoms with E-state index >= 15 is 0 Å². The highest BCUT2D eigenvalue weighted by Gasteiger charge is 2.74. The summed E-state index contributed by atoms with van der Waals surface area (Å²) in [5.74, 6) is -3.14. The van der Waals surface area contributed by atoms with Gasteiger partial charge in [0.2, 0.25) is 5.91 Å². The summed E-state index contributed by atoms with van der Waals surface area (Å²) in [5, 5.41) is 18.2. The number of aliphatic hydroxyl groups is 1. The van der Waals surface area contributed by atoms with Crippen LogP contribution in [0, 0.1) is 11.8 Å². The first-order chi connectivity index (χ1) is 17.9. The van der Waals surface area contributed by atoms with Crippen LogP contribution in [0.25, 0.3) is 11.0 Å². The number of β-amino-alcohol motifs (C(OH)–C–C–N with tert-alkyl or cyclic N) is 1. The second-order valence-electron chi connectivity index (χ2n) is 10.1. The Bertz CT molecular complexity index is 1320. The molecule has 11 heteroatoms. The van der Waals surface area contributed by atoms with Crippen molar-refractivity contribution >= 4 is 28.8 Å². The molecule has 4 aliphatic heterocycles. The third kappa shape index (κ3) is 3.51. The number of rotatable bonds is 4. The van der Waals surface area contributed by atoms with E-state index in [9.17, 15) is 19.5 Å². The summed E-state index contributed by atoms with van der Waals surface area (Å²) in [6.07, 6.45) is 8.74. The largest absolute Gasteiger partial charge is 0.465 e. The number of allylic oxidation sites excluding steroid dienone is 1. The normalized spacial score (nSPS) is 34.3. The smallest absolute Gasteiger partial charge is 0.313 e. The Morgan fingerprint density at radius 3 is 2.78 bits per heavy atom. The number of hydrogen-bond acceptors (Lipinski definition) is 8. The molecule has 11 nitrogen and oxygen atoms in total. The minimum atomic E-state index is -1.38. The van der Waals surface area contributed by atoms with Crippen molar-refractivity contribution in [1.82, 2.24) is 24.8 Å². The van der Waals surface area contributed by atoms with Crippen molar-refractivity contribution in [2.75, 3.05) is 26.3 Å². The fourth-order valence-corrected chi connectivity index (χ4v) is 6.34. The number of amides is 2. The first-order valence-corrected chi connectivity index (χ1v) is 12.6. The molecule has 6 rings (SSSR count). The van der Waals surface area contributed by atoms with E-state index in [1.807, 2.05) is 42.5 Å². The van der Waals surface area contributed by atoms with Crippen LogP contribution in [0.2, 0.25) is 0 Å². The van der Waals surface area contributed by atoms with Gasteiger partial charge in [0.05, 0.1) is 30.2 Å². The topological polar surface area (TPSA) is 127 Å². The van der Waals surface area contributed by atoms with E-state index in [1.165, 1.54) is 4.90 Å². The van der Waals surface area contributed by atoms with E-state index in [0.29, 0.717) is 18.4 Å². The number of hydrogen-bond donors (Lipinski definition) is 1. The second-order valence-corrected chi connectivity index (χ2v) is 10.1. The molecule has 1 unspecified atom stereocenters. The molecule has 2 amide bonds. The molecule has 1 aromatic heterocycles. The number of esters is 1. The Balaban J connectivity index is 1.42. The van der Waals surface area contributed by atoms with Crippen LogP contribution in [0.15, 0.2) is 48.6 Å². The minimum absolute atomic E-state index is 0.0564. The zero-order valence-corrected chi connectivity index (χ0v) is 20.5. The van der Waals surface area contributed by atoms with Crippen molar-refractivity contribution in [2.24, 2.45) is 11.8 Å². The Kier molecular flexibility index (Phi) is 5.64. The van der Waals surface area contributed by atoms with E-state index in [-0.39, 0.29) is 38.9 Å². The van der Waals surface area contributed by atoms with Gasteiger partial charge in [0, 0.05) is 13.1 Å². The summed E-state index contributed by atoms with van der Waals surface area (Å²) in [6.45, 7) is 2.01. The van der Waals surface area contributed by atoms with Crippen LogP contribution in [-0.2, 0) is 30.5 Å². The number of aliphatic hydroxyl groups excluding tert-OH is 1. The van der Waals surface area contributed by atoms with Gasteiger partial charge in [-0.15, -0.1) is 5.10 Å². The Labute approximate surface area is 213 Å². The monoisotopic (exact) mass is 507 g/mol. The van der Waals surface area contributed by atoms with Crippen molar-refractivity contribution in [3.63, 3.8) is 0 Å². The zero-order chi connectivity index (χ0) is 25.8. The maximum Gasteiger partial charge on any atom is 0.313 e. The number of benzene rings is 1. The molecular formula is C26H29N5O6. The average Bonchev–Trinajstić information content (AvgIpc) is 3.45. The van der Waals surface area contributed by atoms with Gasteiger partial charge in [-0.25, -0.2) is 4.68 Å². The fourth-order valence-electron chi connectivity index (χ4n) is 6.34. The molecule has 0 bridgehead atoms. The highest BCUT2D eigenvalue weighted by atomic mass is 16.6. The van der Waals surface area contributed by atoms with E-state index in [4.69, 9.17) is 9.47 Å². The molecule has 1 N–H and O–H groups in total.